The smallest absolute Gasteiger partial charge is 0.160 e. The van der Waals surface area contributed by atoms with Gasteiger partial charge in [0, 0.05) is 13.1 Å². The zero-order chi connectivity index (χ0) is 14.4. The molecular formula is C16H19NO3. The first-order valence-electron chi connectivity index (χ1n) is 6.48. The van der Waals surface area contributed by atoms with Gasteiger partial charge >= 0.3 is 0 Å². The minimum Gasteiger partial charge on any atom is -0.504 e. The molecule has 0 aliphatic rings. The third-order valence-corrected chi connectivity index (χ3v) is 3.08. The van der Waals surface area contributed by atoms with Crippen molar-refractivity contribution in [3.8, 4) is 11.5 Å². The van der Waals surface area contributed by atoms with Gasteiger partial charge in [0.05, 0.1) is 13.7 Å². The molecule has 0 atom stereocenters. The van der Waals surface area contributed by atoms with Gasteiger partial charge in [0.15, 0.2) is 11.5 Å². The van der Waals surface area contributed by atoms with Crippen LogP contribution in [0.1, 0.15) is 16.7 Å². The van der Waals surface area contributed by atoms with Crippen molar-refractivity contribution in [1.29, 1.82) is 0 Å². The summed E-state index contributed by atoms with van der Waals surface area (Å²) >= 11 is 0. The summed E-state index contributed by atoms with van der Waals surface area (Å²) in [7, 11) is 1.53. The Morgan fingerprint density at radius 2 is 1.70 bits per heavy atom. The van der Waals surface area contributed by atoms with Gasteiger partial charge in [-0.2, -0.15) is 0 Å². The van der Waals surface area contributed by atoms with Crippen molar-refractivity contribution in [3.63, 3.8) is 0 Å². The van der Waals surface area contributed by atoms with E-state index in [1.165, 1.54) is 7.11 Å². The van der Waals surface area contributed by atoms with E-state index in [-0.39, 0.29) is 12.4 Å². The van der Waals surface area contributed by atoms with E-state index < -0.39 is 0 Å². The second-order valence-electron chi connectivity index (χ2n) is 4.59. The molecule has 2 aromatic rings. The number of benzene rings is 2. The molecule has 20 heavy (non-hydrogen) atoms. The topological polar surface area (TPSA) is 61.7 Å². The van der Waals surface area contributed by atoms with E-state index in [0.717, 1.165) is 16.7 Å². The molecule has 2 aromatic carbocycles. The van der Waals surface area contributed by atoms with Crippen LogP contribution in [0.3, 0.4) is 0 Å². The van der Waals surface area contributed by atoms with E-state index in [2.05, 4.69) is 5.32 Å². The minimum atomic E-state index is 0.0557. The Labute approximate surface area is 118 Å². The molecular weight excluding hydrogens is 254 g/mol. The third-order valence-electron chi connectivity index (χ3n) is 3.08. The molecule has 0 saturated heterocycles. The van der Waals surface area contributed by atoms with Crippen molar-refractivity contribution in [2.24, 2.45) is 0 Å². The van der Waals surface area contributed by atoms with Crippen LogP contribution >= 0.6 is 0 Å². The fourth-order valence-corrected chi connectivity index (χ4v) is 2.03. The molecule has 0 aliphatic carbocycles. The van der Waals surface area contributed by atoms with Gasteiger partial charge in [0.2, 0.25) is 0 Å². The predicted octanol–water partition coefficient (Wildman–Crippen LogP) is 2.18. The average Bonchev–Trinajstić information content (AvgIpc) is 2.48. The predicted molar refractivity (Wildman–Crippen MR) is 77.6 cm³/mol. The molecule has 0 saturated carbocycles. The number of nitrogens with one attached hydrogen (secondary N) is 1. The lowest BCUT2D eigenvalue weighted by atomic mass is 10.1. The highest BCUT2D eigenvalue weighted by Gasteiger charge is 2.02. The average molecular weight is 273 g/mol. The van der Waals surface area contributed by atoms with E-state index in [4.69, 9.17) is 9.84 Å². The van der Waals surface area contributed by atoms with Gasteiger partial charge in [0.25, 0.3) is 0 Å². The van der Waals surface area contributed by atoms with Crippen molar-refractivity contribution >= 4 is 0 Å². The van der Waals surface area contributed by atoms with Crippen molar-refractivity contribution < 1.29 is 14.9 Å². The summed E-state index contributed by atoms with van der Waals surface area (Å²) in [5.74, 6) is 0.624. The number of methoxy groups -OCH3 is 1. The zero-order valence-corrected chi connectivity index (χ0v) is 11.5. The van der Waals surface area contributed by atoms with E-state index in [1.807, 2.05) is 30.3 Å². The summed E-state index contributed by atoms with van der Waals surface area (Å²) in [6.45, 7) is 1.42. The first-order chi connectivity index (χ1) is 9.72. The number of aliphatic hydroxyl groups is 1. The van der Waals surface area contributed by atoms with Gasteiger partial charge in [-0.25, -0.2) is 0 Å². The minimum absolute atomic E-state index is 0.0557. The second-order valence-corrected chi connectivity index (χ2v) is 4.59. The molecule has 0 aliphatic heterocycles. The van der Waals surface area contributed by atoms with Crippen molar-refractivity contribution in [2.45, 2.75) is 19.7 Å². The number of aliphatic hydroxyl groups excluding tert-OH is 1. The fourth-order valence-electron chi connectivity index (χ4n) is 2.03. The van der Waals surface area contributed by atoms with E-state index in [0.29, 0.717) is 18.8 Å². The normalized spacial score (nSPS) is 10.5. The van der Waals surface area contributed by atoms with Gasteiger partial charge in [0.1, 0.15) is 0 Å². The molecule has 0 aromatic heterocycles. The van der Waals surface area contributed by atoms with Crippen LogP contribution in [-0.2, 0) is 19.7 Å². The lowest BCUT2D eigenvalue weighted by Crippen LogP contribution is -2.12. The Bertz CT molecular complexity index is 569. The SMILES string of the molecule is COc1ccc(CNCc2cccc(CO)c2)cc1O. The van der Waals surface area contributed by atoms with Crippen LogP contribution in [0, 0.1) is 0 Å². The maximum Gasteiger partial charge on any atom is 0.160 e. The van der Waals surface area contributed by atoms with Gasteiger partial charge in [-0.05, 0) is 28.8 Å². The van der Waals surface area contributed by atoms with Crippen LogP contribution in [0.2, 0.25) is 0 Å². The van der Waals surface area contributed by atoms with E-state index in [9.17, 15) is 5.11 Å². The van der Waals surface area contributed by atoms with Crippen LogP contribution in [0.4, 0.5) is 0 Å². The molecule has 0 radical (unpaired) electrons. The van der Waals surface area contributed by atoms with E-state index in [1.54, 1.807) is 12.1 Å². The van der Waals surface area contributed by atoms with Gasteiger partial charge < -0.3 is 20.3 Å². The third kappa shape index (κ3) is 3.73. The molecule has 0 bridgehead atoms. The summed E-state index contributed by atoms with van der Waals surface area (Å²) in [5.41, 5.74) is 3.02. The molecule has 4 heteroatoms. The van der Waals surface area contributed by atoms with Gasteiger partial charge in [-0.3, -0.25) is 0 Å². The van der Waals surface area contributed by atoms with Crippen LogP contribution in [-0.4, -0.2) is 17.3 Å². The van der Waals surface area contributed by atoms with Crippen LogP contribution in [0.25, 0.3) is 0 Å². The molecule has 106 valence electrons. The largest absolute Gasteiger partial charge is 0.504 e. The number of hydrogen-bond donors (Lipinski definition) is 3. The summed E-state index contributed by atoms with van der Waals surface area (Å²) in [6, 6.07) is 13.2. The van der Waals surface area contributed by atoms with Crippen LogP contribution < -0.4 is 10.1 Å². The Morgan fingerprint density at radius 3 is 2.35 bits per heavy atom. The quantitative estimate of drug-likeness (QED) is 0.755. The highest BCUT2D eigenvalue weighted by Crippen LogP contribution is 2.26. The number of ether oxygens (including phenoxy) is 1. The summed E-state index contributed by atoms with van der Waals surface area (Å²) in [4.78, 5) is 0. The van der Waals surface area contributed by atoms with Gasteiger partial charge in [-0.1, -0.05) is 30.3 Å². The number of hydrogen-bond acceptors (Lipinski definition) is 4. The lowest BCUT2D eigenvalue weighted by molar-refractivity contribution is 0.281. The molecule has 4 nitrogen and oxygen atoms in total. The Kier molecular flexibility index (Phi) is 4.98. The number of phenolic OH excluding ortho intramolecular Hbond substituents is 1. The first kappa shape index (κ1) is 14.4. The Hall–Kier alpha value is -2.04. The fraction of sp³-hybridized carbons (Fsp3) is 0.250. The van der Waals surface area contributed by atoms with Crippen LogP contribution in [0.5, 0.6) is 11.5 Å². The Morgan fingerprint density at radius 1 is 1.00 bits per heavy atom. The molecule has 0 fully saturated rings. The van der Waals surface area contributed by atoms with Crippen molar-refractivity contribution in [1.82, 2.24) is 5.32 Å². The summed E-state index contributed by atoms with van der Waals surface area (Å²) in [5, 5.41) is 22.1. The summed E-state index contributed by atoms with van der Waals surface area (Å²) < 4.78 is 5.01. The molecule has 0 amide bonds. The highest BCUT2D eigenvalue weighted by molar-refractivity contribution is 5.41. The lowest BCUT2D eigenvalue weighted by Gasteiger charge is -2.08. The monoisotopic (exact) mass is 273 g/mol. The van der Waals surface area contributed by atoms with Gasteiger partial charge in [-0.15, -0.1) is 0 Å². The standard InChI is InChI=1S/C16H19NO3/c1-20-16-6-5-13(8-15(16)19)10-17-9-12-3-2-4-14(7-12)11-18/h2-8,17-19H,9-11H2,1H3. The molecule has 0 unspecified atom stereocenters. The maximum absolute atomic E-state index is 9.70. The highest BCUT2D eigenvalue weighted by atomic mass is 16.5. The van der Waals surface area contributed by atoms with E-state index >= 15 is 0 Å². The zero-order valence-electron chi connectivity index (χ0n) is 11.5. The molecule has 0 heterocycles. The maximum atomic E-state index is 9.70. The molecule has 2 rings (SSSR count). The number of rotatable bonds is 6. The molecule has 3 N–H and O–H groups in total. The van der Waals surface area contributed by atoms with Crippen LogP contribution in [0.15, 0.2) is 42.5 Å². The number of aromatic hydroxyl groups is 1. The van der Waals surface area contributed by atoms with Crippen molar-refractivity contribution in [2.75, 3.05) is 7.11 Å². The Balaban J connectivity index is 1.90. The first-order valence-corrected chi connectivity index (χ1v) is 6.48. The summed E-state index contributed by atoms with van der Waals surface area (Å²) in [6.07, 6.45) is 0. The molecule has 0 spiro atoms. The second kappa shape index (κ2) is 6.93. The van der Waals surface area contributed by atoms with Crippen molar-refractivity contribution in [3.05, 3.63) is 59.2 Å². The number of phenols is 1.